The van der Waals surface area contributed by atoms with Crippen LogP contribution in [0, 0.1) is 11.8 Å². The molecular weight excluding hydrogens is 272 g/mol. The normalized spacial score (nSPS) is 9.48. The number of hydrogen-bond acceptors (Lipinski definition) is 5. The Morgan fingerprint density at radius 1 is 1.48 bits per heavy atom. The van der Waals surface area contributed by atoms with Crippen LogP contribution in [0.3, 0.4) is 0 Å². The largest absolute Gasteiger partial charge is 0.469 e. The first kappa shape index (κ1) is 16.7. The van der Waals surface area contributed by atoms with Gasteiger partial charge in [-0.15, -0.1) is 0 Å². The third-order valence-electron chi connectivity index (χ3n) is 2.80. The smallest absolute Gasteiger partial charge is 0.305 e. The predicted octanol–water partition coefficient (Wildman–Crippen LogP) is 0.451. The van der Waals surface area contributed by atoms with Crippen molar-refractivity contribution in [2.75, 3.05) is 27.3 Å². The van der Waals surface area contributed by atoms with Crippen LogP contribution in [-0.2, 0) is 9.53 Å². The molecular formula is C15H18N2O4. The lowest BCUT2D eigenvalue weighted by Crippen LogP contribution is -2.28. The molecule has 21 heavy (non-hydrogen) atoms. The van der Waals surface area contributed by atoms with Gasteiger partial charge in [-0.2, -0.15) is 0 Å². The summed E-state index contributed by atoms with van der Waals surface area (Å²) in [5.74, 6) is 4.69. The maximum atomic E-state index is 12.3. The van der Waals surface area contributed by atoms with Crippen molar-refractivity contribution in [3.8, 4) is 11.8 Å². The number of carbonyl (C=O) groups excluding carboxylic acids is 2. The van der Waals surface area contributed by atoms with Crippen molar-refractivity contribution in [2.24, 2.45) is 0 Å². The van der Waals surface area contributed by atoms with Gasteiger partial charge in [0.1, 0.15) is 6.61 Å². The maximum absolute atomic E-state index is 12.3. The highest BCUT2D eigenvalue weighted by atomic mass is 16.5. The number of aromatic nitrogens is 1. The van der Waals surface area contributed by atoms with Crippen LogP contribution >= 0.6 is 0 Å². The molecule has 0 fully saturated rings. The van der Waals surface area contributed by atoms with Crippen molar-refractivity contribution in [3.05, 3.63) is 29.6 Å². The molecule has 0 aliphatic heterocycles. The van der Waals surface area contributed by atoms with Crippen LogP contribution in [0.2, 0.25) is 0 Å². The van der Waals surface area contributed by atoms with Crippen molar-refractivity contribution in [1.29, 1.82) is 0 Å². The van der Waals surface area contributed by atoms with Gasteiger partial charge in [-0.25, -0.2) is 0 Å². The van der Waals surface area contributed by atoms with Gasteiger partial charge in [-0.3, -0.25) is 14.6 Å². The average Bonchev–Trinajstić information content (AvgIpc) is 2.52. The number of carbonyl (C=O) groups is 2. The van der Waals surface area contributed by atoms with E-state index in [1.165, 1.54) is 24.4 Å². The van der Waals surface area contributed by atoms with Gasteiger partial charge in [-0.05, 0) is 12.5 Å². The van der Waals surface area contributed by atoms with E-state index in [0.717, 1.165) is 0 Å². The summed E-state index contributed by atoms with van der Waals surface area (Å²) < 4.78 is 4.55. The average molecular weight is 290 g/mol. The predicted molar refractivity (Wildman–Crippen MR) is 76.4 cm³/mol. The van der Waals surface area contributed by atoms with Crippen LogP contribution in [0.15, 0.2) is 18.5 Å². The summed E-state index contributed by atoms with van der Waals surface area (Å²) in [7, 11) is 2.99. The Hall–Kier alpha value is -2.39. The highest BCUT2D eigenvalue weighted by Crippen LogP contribution is 2.09. The molecule has 0 aliphatic carbocycles. The Labute approximate surface area is 123 Å². The third-order valence-corrected chi connectivity index (χ3v) is 2.80. The highest BCUT2D eigenvalue weighted by molar-refractivity contribution is 5.96. The Kier molecular flexibility index (Phi) is 6.92. The summed E-state index contributed by atoms with van der Waals surface area (Å²) in [6.07, 6.45) is 3.79. The first-order chi connectivity index (χ1) is 10.1. The van der Waals surface area contributed by atoms with Crippen LogP contribution in [0.4, 0.5) is 0 Å². The van der Waals surface area contributed by atoms with Crippen molar-refractivity contribution in [2.45, 2.75) is 12.8 Å². The number of esters is 1. The molecule has 0 atom stereocenters. The van der Waals surface area contributed by atoms with E-state index in [4.69, 9.17) is 5.11 Å². The molecule has 0 bridgehead atoms. The number of hydrogen-bond donors (Lipinski definition) is 1. The molecule has 1 aromatic heterocycles. The van der Waals surface area contributed by atoms with Crippen molar-refractivity contribution in [3.63, 3.8) is 0 Å². The summed E-state index contributed by atoms with van der Waals surface area (Å²) in [5.41, 5.74) is 0.892. The summed E-state index contributed by atoms with van der Waals surface area (Å²) in [6.45, 7) is 0.153. The van der Waals surface area contributed by atoms with Crippen molar-refractivity contribution < 1.29 is 19.4 Å². The topological polar surface area (TPSA) is 79.7 Å². The number of methoxy groups -OCH3 is 1. The zero-order chi connectivity index (χ0) is 15.7. The van der Waals surface area contributed by atoms with Crippen LogP contribution < -0.4 is 0 Å². The van der Waals surface area contributed by atoms with Crippen LogP contribution in [0.5, 0.6) is 0 Å². The molecule has 0 saturated carbocycles. The lowest BCUT2D eigenvalue weighted by molar-refractivity contribution is -0.140. The lowest BCUT2D eigenvalue weighted by atomic mass is 10.1. The van der Waals surface area contributed by atoms with Gasteiger partial charge >= 0.3 is 5.97 Å². The van der Waals surface area contributed by atoms with E-state index >= 15 is 0 Å². The van der Waals surface area contributed by atoms with E-state index in [1.54, 1.807) is 13.1 Å². The summed E-state index contributed by atoms with van der Waals surface area (Å²) in [6, 6.07) is 1.58. The van der Waals surface area contributed by atoms with Gasteiger partial charge in [0.05, 0.1) is 18.2 Å². The third kappa shape index (κ3) is 5.24. The number of pyridine rings is 1. The standard InChI is InChI=1S/C15H18N2O4/c1-17(9-3-6-14(19)21-2)15(20)13-7-8-16-11-12(13)5-4-10-18/h7-8,11,18H,3,6,9-10H2,1-2H3. The van der Waals surface area contributed by atoms with Crippen LogP contribution in [0.25, 0.3) is 0 Å². The van der Waals surface area contributed by atoms with Crippen molar-refractivity contribution in [1.82, 2.24) is 9.88 Å². The molecule has 1 N–H and O–H groups in total. The van der Waals surface area contributed by atoms with E-state index in [1.807, 2.05) is 0 Å². The molecule has 6 nitrogen and oxygen atoms in total. The molecule has 1 heterocycles. The molecule has 6 heteroatoms. The fourth-order valence-corrected chi connectivity index (χ4v) is 1.69. The molecule has 0 aromatic carbocycles. The minimum absolute atomic E-state index is 0.204. The van der Waals surface area contributed by atoms with E-state index in [0.29, 0.717) is 24.1 Å². The quantitative estimate of drug-likeness (QED) is 0.629. The molecule has 1 amide bonds. The van der Waals surface area contributed by atoms with Gasteiger partial charge < -0.3 is 14.7 Å². The van der Waals surface area contributed by atoms with E-state index in [9.17, 15) is 9.59 Å². The van der Waals surface area contributed by atoms with E-state index < -0.39 is 0 Å². The Balaban J connectivity index is 2.72. The van der Waals surface area contributed by atoms with Gasteiger partial charge in [0.25, 0.3) is 5.91 Å². The molecule has 112 valence electrons. The fourth-order valence-electron chi connectivity index (χ4n) is 1.69. The second-order valence-electron chi connectivity index (χ2n) is 4.29. The van der Waals surface area contributed by atoms with Crippen LogP contribution in [0.1, 0.15) is 28.8 Å². The van der Waals surface area contributed by atoms with Gasteiger partial charge in [0.2, 0.25) is 0 Å². The molecule has 1 aromatic rings. The summed E-state index contributed by atoms with van der Waals surface area (Å²) in [4.78, 5) is 28.8. The first-order valence-electron chi connectivity index (χ1n) is 6.46. The zero-order valence-corrected chi connectivity index (χ0v) is 12.1. The highest BCUT2D eigenvalue weighted by Gasteiger charge is 2.15. The number of ether oxygens (including phenoxy) is 1. The first-order valence-corrected chi connectivity index (χ1v) is 6.46. The molecule has 0 spiro atoms. The monoisotopic (exact) mass is 290 g/mol. The molecule has 1 rings (SSSR count). The molecule has 0 unspecified atom stereocenters. The number of aliphatic hydroxyl groups excluding tert-OH is 1. The number of rotatable bonds is 5. The fraction of sp³-hybridized carbons (Fsp3) is 0.400. The van der Waals surface area contributed by atoms with Crippen molar-refractivity contribution >= 4 is 11.9 Å². The molecule has 0 radical (unpaired) electrons. The Morgan fingerprint density at radius 3 is 2.90 bits per heavy atom. The van der Waals surface area contributed by atoms with Gasteiger partial charge in [0, 0.05) is 32.4 Å². The van der Waals surface area contributed by atoms with E-state index in [2.05, 4.69) is 21.6 Å². The number of nitrogens with zero attached hydrogens (tertiary/aromatic N) is 2. The Morgan fingerprint density at radius 2 is 2.24 bits per heavy atom. The minimum atomic E-state index is -0.297. The number of amides is 1. The summed E-state index contributed by atoms with van der Waals surface area (Å²) >= 11 is 0. The van der Waals surface area contributed by atoms with Gasteiger partial charge in [0.15, 0.2) is 0 Å². The van der Waals surface area contributed by atoms with E-state index in [-0.39, 0.29) is 24.9 Å². The number of aliphatic hydroxyl groups is 1. The molecule has 0 saturated heterocycles. The molecule has 0 aliphatic rings. The second-order valence-corrected chi connectivity index (χ2v) is 4.29. The lowest BCUT2D eigenvalue weighted by Gasteiger charge is -2.17. The minimum Gasteiger partial charge on any atom is -0.469 e. The maximum Gasteiger partial charge on any atom is 0.305 e. The second kappa shape index (κ2) is 8.72. The zero-order valence-electron chi connectivity index (χ0n) is 12.1. The van der Waals surface area contributed by atoms with Crippen LogP contribution in [-0.4, -0.2) is 54.2 Å². The SMILES string of the molecule is COC(=O)CCCN(C)C(=O)c1ccncc1C#CCO. The van der Waals surface area contributed by atoms with Gasteiger partial charge in [-0.1, -0.05) is 11.8 Å². The summed E-state index contributed by atoms with van der Waals surface area (Å²) in [5, 5.41) is 8.72. The Bertz CT molecular complexity index is 560.